The van der Waals surface area contributed by atoms with Crippen molar-refractivity contribution in [3.8, 4) is 0 Å². The molecule has 0 bridgehead atoms. The zero-order valence-electron chi connectivity index (χ0n) is 12.5. The van der Waals surface area contributed by atoms with Crippen molar-refractivity contribution >= 4 is 29.6 Å². The highest BCUT2D eigenvalue weighted by atomic mass is 32.2. The van der Waals surface area contributed by atoms with Crippen LogP contribution in [0.5, 0.6) is 0 Å². The minimum absolute atomic E-state index is 0.172. The molecule has 1 aromatic carbocycles. The second-order valence-electron chi connectivity index (χ2n) is 5.67. The van der Waals surface area contributed by atoms with Gasteiger partial charge in [0.15, 0.2) is 12.0 Å². The molecule has 2 aromatic rings. The molecule has 3 rings (SSSR count). The molecule has 22 heavy (non-hydrogen) atoms. The number of aldehydes is 1. The number of nitrogens with zero attached hydrogens (tertiary/aromatic N) is 2. The van der Waals surface area contributed by atoms with E-state index in [4.69, 9.17) is 0 Å². The average molecular weight is 315 g/mol. The molecule has 1 aliphatic carbocycles. The smallest absolute Gasteiger partial charge is 0.279 e. The Morgan fingerprint density at radius 3 is 2.77 bits per heavy atom. The fraction of sp³-hybridized carbons (Fsp3) is 0.312. The molecule has 5 nitrogen and oxygen atoms in total. The lowest BCUT2D eigenvalue weighted by molar-refractivity contribution is 0.0970. The molecule has 0 unspecified atom stereocenters. The van der Waals surface area contributed by atoms with E-state index < -0.39 is 0 Å². The Balaban J connectivity index is 1.99. The van der Waals surface area contributed by atoms with E-state index in [1.165, 1.54) is 6.07 Å². The lowest BCUT2D eigenvalue weighted by atomic mass is 10.1. The minimum atomic E-state index is -0.178. The standard InChI is InChI=1S/C16H17N3O2S/c1-16(6-7-16)19(12-4-3-5-13(9-12)22-2)15(21)14-8-11(10-20)17-18-14/h3-5,8-10H,6-7H2,1-2H3,(H,17,18). The van der Waals surface area contributed by atoms with E-state index in [-0.39, 0.29) is 17.1 Å². The number of thioether (sulfide) groups is 1. The number of anilines is 1. The van der Waals surface area contributed by atoms with Crippen LogP contribution in [0.15, 0.2) is 35.2 Å². The molecule has 1 saturated carbocycles. The summed E-state index contributed by atoms with van der Waals surface area (Å²) in [5.41, 5.74) is 1.27. The zero-order chi connectivity index (χ0) is 15.7. The quantitative estimate of drug-likeness (QED) is 0.680. The van der Waals surface area contributed by atoms with Gasteiger partial charge in [-0.3, -0.25) is 14.7 Å². The summed E-state index contributed by atoms with van der Waals surface area (Å²) in [6, 6.07) is 9.42. The molecule has 1 aromatic heterocycles. The molecule has 1 amide bonds. The van der Waals surface area contributed by atoms with Gasteiger partial charge in [0.05, 0.1) is 5.69 Å². The second kappa shape index (κ2) is 5.61. The Hall–Kier alpha value is -2.08. The lowest BCUT2D eigenvalue weighted by Crippen LogP contribution is -2.40. The first kappa shape index (κ1) is 14.8. The number of hydrogen-bond acceptors (Lipinski definition) is 4. The van der Waals surface area contributed by atoms with Crippen LogP contribution in [-0.2, 0) is 0 Å². The maximum Gasteiger partial charge on any atom is 0.279 e. The number of nitrogens with one attached hydrogen (secondary N) is 1. The van der Waals surface area contributed by atoms with Crippen molar-refractivity contribution in [1.29, 1.82) is 0 Å². The van der Waals surface area contributed by atoms with E-state index in [1.807, 2.05) is 30.5 Å². The summed E-state index contributed by atoms with van der Waals surface area (Å²) >= 11 is 1.64. The van der Waals surface area contributed by atoms with Gasteiger partial charge < -0.3 is 4.90 Å². The number of hydrogen-bond donors (Lipinski definition) is 1. The van der Waals surface area contributed by atoms with Gasteiger partial charge in [-0.15, -0.1) is 11.8 Å². The van der Waals surface area contributed by atoms with Crippen LogP contribution >= 0.6 is 11.8 Å². The van der Waals surface area contributed by atoms with Crippen LogP contribution in [0.1, 0.15) is 40.7 Å². The average Bonchev–Trinajstić information content (AvgIpc) is 3.09. The molecule has 114 valence electrons. The van der Waals surface area contributed by atoms with Gasteiger partial charge in [-0.05, 0) is 50.3 Å². The third-order valence-corrected chi connectivity index (χ3v) is 4.70. The highest BCUT2D eigenvalue weighted by molar-refractivity contribution is 7.98. The van der Waals surface area contributed by atoms with Crippen molar-refractivity contribution in [2.75, 3.05) is 11.2 Å². The summed E-state index contributed by atoms with van der Waals surface area (Å²) in [5.74, 6) is -0.178. The van der Waals surface area contributed by atoms with Gasteiger partial charge >= 0.3 is 0 Å². The highest BCUT2D eigenvalue weighted by Crippen LogP contribution is 2.44. The maximum atomic E-state index is 12.9. The fourth-order valence-corrected chi connectivity index (χ4v) is 2.90. The lowest BCUT2D eigenvalue weighted by Gasteiger charge is -2.29. The van der Waals surface area contributed by atoms with Gasteiger partial charge in [0.2, 0.25) is 0 Å². The molecule has 0 radical (unpaired) electrons. The first-order valence-electron chi connectivity index (χ1n) is 7.06. The number of rotatable bonds is 5. The van der Waals surface area contributed by atoms with Gasteiger partial charge in [-0.2, -0.15) is 5.10 Å². The number of carbonyl (C=O) groups excluding carboxylic acids is 2. The predicted molar refractivity (Wildman–Crippen MR) is 86.6 cm³/mol. The van der Waals surface area contributed by atoms with Crippen LogP contribution in [0, 0.1) is 0 Å². The van der Waals surface area contributed by atoms with Crippen LogP contribution in [0.2, 0.25) is 0 Å². The Labute approximate surface area is 133 Å². The van der Waals surface area contributed by atoms with Gasteiger partial charge in [-0.1, -0.05) is 6.07 Å². The van der Waals surface area contributed by atoms with Crippen molar-refractivity contribution in [2.24, 2.45) is 0 Å². The Bertz CT molecular complexity index is 722. The molecule has 0 atom stereocenters. The molecule has 0 spiro atoms. The summed E-state index contributed by atoms with van der Waals surface area (Å²) in [5, 5.41) is 6.53. The molecule has 0 aliphatic heterocycles. The van der Waals surface area contributed by atoms with Crippen molar-refractivity contribution in [1.82, 2.24) is 10.2 Å². The van der Waals surface area contributed by atoms with Crippen LogP contribution in [-0.4, -0.2) is 34.2 Å². The summed E-state index contributed by atoms with van der Waals surface area (Å²) < 4.78 is 0. The van der Waals surface area contributed by atoms with Crippen LogP contribution < -0.4 is 4.90 Å². The van der Waals surface area contributed by atoms with Gasteiger partial charge in [0.25, 0.3) is 5.91 Å². The van der Waals surface area contributed by atoms with Crippen molar-refractivity contribution < 1.29 is 9.59 Å². The normalized spacial score (nSPS) is 15.4. The minimum Gasteiger partial charge on any atom is -0.301 e. The van der Waals surface area contributed by atoms with Crippen molar-refractivity contribution in [3.63, 3.8) is 0 Å². The van der Waals surface area contributed by atoms with E-state index in [0.29, 0.717) is 12.0 Å². The van der Waals surface area contributed by atoms with Crippen molar-refractivity contribution in [3.05, 3.63) is 41.7 Å². The SMILES string of the molecule is CSc1cccc(N(C(=O)c2cc(C=O)[nH]n2)C2(C)CC2)c1. The fourth-order valence-electron chi connectivity index (χ4n) is 2.45. The topological polar surface area (TPSA) is 66.1 Å². The molecule has 0 saturated heterocycles. The van der Waals surface area contributed by atoms with Crippen LogP contribution in [0.3, 0.4) is 0 Å². The third-order valence-electron chi connectivity index (χ3n) is 3.97. The van der Waals surface area contributed by atoms with E-state index >= 15 is 0 Å². The maximum absolute atomic E-state index is 12.9. The number of carbonyl (C=O) groups is 2. The van der Waals surface area contributed by atoms with Gasteiger partial charge in [-0.25, -0.2) is 0 Å². The highest BCUT2D eigenvalue weighted by Gasteiger charge is 2.47. The van der Waals surface area contributed by atoms with Crippen LogP contribution in [0.25, 0.3) is 0 Å². The molecule has 6 heteroatoms. The summed E-state index contributed by atoms with van der Waals surface area (Å²) in [4.78, 5) is 26.6. The third kappa shape index (κ3) is 2.66. The molecule has 1 aliphatic rings. The largest absolute Gasteiger partial charge is 0.301 e. The number of H-pyrrole nitrogens is 1. The molecule has 1 N–H and O–H groups in total. The number of aromatic nitrogens is 2. The predicted octanol–water partition coefficient (Wildman–Crippen LogP) is 3.14. The van der Waals surface area contributed by atoms with E-state index in [9.17, 15) is 9.59 Å². The summed E-state index contributed by atoms with van der Waals surface area (Å²) in [7, 11) is 0. The van der Waals surface area contributed by atoms with Crippen LogP contribution in [0.4, 0.5) is 5.69 Å². The molecular formula is C16H17N3O2S. The van der Waals surface area contributed by atoms with E-state index in [1.54, 1.807) is 16.7 Å². The van der Waals surface area contributed by atoms with Gasteiger partial charge in [0.1, 0.15) is 0 Å². The Morgan fingerprint density at radius 2 is 2.18 bits per heavy atom. The Morgan fingerprint density at radius 1 is 1.41 bits per heavy atom. The van der Waals surface area contributed by atoms with E-state index in [2.05, 4.69) is 17.1 Å². The zero-order valence-corrected chi connectivity index (χ0v) is 13.3. The first-order chi connectivity index (χ1) is 10.6. The van der Waals surface area contributed by atoms with Crippen molar-refractivity contribution in [2.45, 2.75) is 30.2 Å². The number of amides is 1. The monoisotopic (exact) mass is 315 g/mol. The summed E-state index contributed by atoms with van der Waals surface area (Å²) in [6.45, 7) is 2.07. The number of aromatic amines is 1. The molecular weight excluding hydrogens is 298 g/mol. The second-order valence-corrected chi connectivity index (χ2v) is 6.55. The first-order valence-corrected chi connectivity index (χ1v) is 8.29. The molecule has 1 heterocycles. The number of benzene rings is 1. The summed E-state index contributed by atoms with van der Waals surface area (Å²) in [6.07, 6.45) is 4.59. The molecule has 1 fully saturated rings. The van der Waals surface area contributed by atoms with E-state index in [0.717, 1.165) is 23.4 Å². The Kier molecular flexibility index (Phi) is 3.78. The van der Waals surface area contributed by atoms with Gasteiger partial charge in [0, 0.05) is 16.1 Å².